The van der Waals surface area contributed by atoms with Crippen molar-refractivity contribution in [3.8, 4) is 5.75 Å². The molecule has 0 radical (unpaired) electrons. The molecule has 1 unspecified atom stereocenters. The molecule has 1 aliphatic rings. The third-order valence-electron chi connectivity index (χ3n) is 3.21. The van der Waals surface area contributed by atoms with Gasteiger partial charge in [-0.15, -0.1) is 0 Å². The van der Waals surface area contributed by atoms with Gasteiger partial charge in [-0.25, -0.2) is 4.39 Å². The molecular formula is C15H9Cl2FO2. The molecule has 0 spiro atoms. The normalized spacial score (nSPS) is 17.6. The third kappa shape index (κ3) is 2.28. The Morgan fingerprint density at radius 2 is 2.00 bits per heavy atom. The molecule has 0 saturated heterocycles. The molecule has 0 bridgehead atoms. The van der Waals surface area contributed by atoms with Gasteiger partial charge in [-0.1, -0.05) is 35.3 Å². The highest BCUT2D eigenvalue weighted by atomic mass is 35.5. The molecule has 3 rings (SSSR count). The van der Waals surface area contributed by atoms with Crippen molar-refractivity contribution in [3.05, 3.63) is 63.4 Å². The molecule has 0 saturated carbocycles. The number of rotatable bonds is 1. The van der Waals surface area contributed by atoms with Crippen LogP contribution in [-0.4, -0.2) is 5.78 Å². The van der Waals surface area contributed by atoms with Gasteiger partial charge >= 0.3 is 0 Å². The fourth-order valence-electron chi connectivity index (χ4n) is 2.24. The van der Waals surface area contributed by atoms with E-state index in [1.165, 1.54) is 18.2 Å². The van der Waals surface area contributed by atoms with E-state index in [0.29, 0.717) is 21.4 Å². The second-order valence-electron chi connectivity index (χ2n) is 4.52. The van der Waals surface area contributed by atoms with Crippen molar-refractivity contribution in [1.82, 2.24) is 0 Å². The highest BCUT2D eigenvalue weighted by Crippen LogP contribution is 2.39. The number of Topliss-reactive ketones (excluding diaryl/α,β-unsaturated/α-hetero) is 1. The van der Waals surface area contributed by atoms with Crippen LogP contribution in [0.25, 0.3) is 0 Å². The summed E-state index contributed by atoms with van der Waals surface area (Å²) in [4.78, 5) is 12.1. The van der Waals surface area contributed by atoms with Crippen LogP contribution >= 0.6 is 23.2 Å². The topological polar surface area (TPSA) is 26.3 Å². The van der Waals surface area contributed by atoms with Crippen molar-refractivity contribution in [1.29, 1.82) is 0 Å². The van der Waals surface area contributed by atoms with Crippen molar-refractivity contribution < 1.29 is 13.9 Å². The Kier molecular flexibility index (Phi) is 3.40. The van der Waals surface area contributed by atoms with E-state index in [0.717, 1.165) is 0 Å². The van der Waals surface area contributed by atoms with Gasteiger partial charge in [0, 0.05) is 5.56 Å². The van der Waals surface area contributed by atoms with E-state index in [4.69, 9.17) is 27.9 Å². The van der Waals surface area contributed by atoms with Gasteiger partial charge in [-0.2, -0.15) is 0 Å². The minimum atomic E-state index is -0.508. The van der Waals surface area contributed by atoms with Gasteiger partial charge in [-0.05, 0) is 24.3 Å². The maximum absolute atomic E-state index is 13.2. The molecule has 2 nitrogen and oxygen atoms in total. The summed E-state index contributed by atoms with van der Waals surface area (Å²) in [7, 11) is 0. The Morgan fingerprint density at radius 3 is 2.80 bits per heavy atom. The van der Waals surface area contributed by atoms with Crippen molar-refractivity contribution in [2.45, 2.75) is 12.5 Å². The van der Waals surface area contributed by atoms with Crippen LogP contribution in [0.15, 0.2) is 36.4 Å². The van der Waals surface area contributed by atoms with Crippen LogP contribution in [0.1, 0.15) is 28.4 Å². The zero-order valence-corrected chi connectivity index (χ0v) is 11.7. The second kappa shape index (κ2) is 5.08. The average Bonchev–Trinajstić information content (AvgIpc) is 2.42. The first-order valence-corrected chi connectivity index (χ1v) is 6.75. The van der Waals surface area contributed by atoms with E-state index in [1.54, 1.807) is 18.2 Å². The van der Waals surface area contributed by atoms with Crippen molar-refractivity contribution in [2.75, 3.05) is 0 Å². The summed E-state index contributed by atoms with van der Waals surface area (Å²) in [5.74, 6) is -0.268. The van der Waals surface area contributed by atoms with Crippen LogP contribution in [0.2, 0.25) is 10.0 Å². The summed E-state index contributed by atoms with van der Waals surface area (Å²) < 4.78 is 18.9. The summed E-state index contributed by atoms with van der Waals surface area (Å²) >= 11 is 12.1. The fourth-order valence-corrected chi connectivity index (χ4v) is 2.67. The molecule has 20 heavy (non-hydrogen) atoms. The number of ether oxygens (including phenoxy) is 1. The number of ketones is 1. The fraction of sp³-hybridized carbons (Fsp3) is 0.133. The smallest absolute Gasteiger partial charge is 0.170 e. The molecule has 0 amide bonds. The predicted molar refractivity (Wildman–Crippen MR) is 75.2 cm³/mol. The van der Waals surface area contributed by atoms with Crippen LogP contribution in [0.5, 0.6) is 5.75 Å². The quantitative estimate of drug-likeness (QED) is 0.753. The standard InChI is InChI=1S/C15H9Cl2FO2/c16-11-3-1-2-9(15(11)17)14-7-12(19)10-6-8(18)4-5-13(10)20-14/h1-6,14H,7H2. The lowest BCUT2D eigenvalue weighted by Crippen LogP contribution is -2.20. The van der Waals surface area contributed by atoms with Gasteiger partial charge in [0.15, 0.2) is 5.78 Å². The summed E-state index contributed by atoms with van der Waals surface area (Å²) in [5.41, 5.74) is 0.918. The highest BCUT2D eigenvalue weighted by molar-refractivity contribution is 6.42. The van der Waals surface area contributed by atoms with Gasteiger partial charge in [0.25, 0.3) is 0 Å². The Bertz CT molecular complexity index is 700. The second-order valence-corrected chi connectivity index (χ2v) is 5.30. The van der Waals surface area contributed by atoms with Crippen molar-refractivity contribution in [3.63, 3.8) is 0 Å². The number of carbonyl (C=O) groups excluding carboxylic acids is 1. The zero-order chi connectivity index (χ0) is 14.3. The van der Waals surface area contributed by atoms with Gasteiger partial charge in [-0.3, -0.25) is 4.79 Å². The molecule has 0 aliphatic carbocycles. The van der Waals surface area contributed by atoms with E-state index in [2.05, 4.69) is 0 Å². The number of benzene rings is 2. The maximum Gasteiger partial charge on any atom is 0.170 e. The summed E-state index contributed by atoms with van der Waals surface area (Å²) in [6.45, 7) is 0. The zero-order valence-electron chi connectivity index (χ0n) is 10.2. The molecule has 2 aromatic carbocycles. The predicted octanol–water partition coefficient (Wildman–Crippen LogP) is 4.84. The SMILES string of the molecule is O=C1CC(c2cccc(Cl)c2Cl)Oc2ccc(F)cc21. The first-order chi connectivity index (χ1) is 9.56. The highest BCUT2D eigenvalue weighted by Gasteiger charge is 2.29. The van der Waals surface area contributed by atoms with E-state index < -0.39 is 11.9 Å². The van der Waals surface area contributed by atoms with Crippen LogP contribution in [0.4, 0.5) is 4.39 Å². The lowest BCUT2D eigenvalue weighted by Gasteiger charge is -2.26. The summed E-state index contributed by atoms with van der Waals surface area (Å²) in [6, 6.07) is 9.08. The number of halogens is 3. The molecule has 102 valence electrons. The molecule has 0 aromatic heterocycles. The van der Waals surface area contributed by atoms with Crippen molar-refractivity contribution in [2.24, 2.45) is 0 Å². The molecule has 1 heterocycles. The Balaban J connectivity index is 2.01. The molecule has 0 fully saturated rings. The monoisotopic (exact) mass is 310 g/mol. The average molecular weight is 311 g/mol. The maximum atomic E-state index is 13.2. The number of hydrogen-bond acceptors (Lipinski definition) is 2. The van der Waals surface area contributed by atoms with Gasteiger partial charge < -0.3 is 4.74 Å². The number of fused-ring (bicyclic) bond motifs is 1. The van der Waals surface area contributed by atoms with Crippen LogP contribution in [0, 0.1) is 5.82 Å². The molecule has 2 aromatic rings. The molecule has 1 atom stereocenters. The van der Waals surface area contributed by atoms with E-state index in [9.17, 15) is 9.18 Å². The van der Waals surface area contributed by atoms with E-state index in [-0.39, 0.29) is 17.8 Å². The summed E-state index contributed by atoms with van der Waals surface area (Å²) in [6.07, 6.45) is -0.400. The Labute approximate surface area is 125 Å². The largest absolute Gasteiger partial charge is 0.484 e. The Hall–Kier alpha value is -1.58. The minimum Gasteiger partial charge on any atom is -0.484 e. The van der Waals surface area contributed by atoms with Crippen LogP contribution < -0.4 is 4.74 Å². The molecule has 1 aliphatic heterocycles. The molecule has 5 heteroatoms. The van der Waals surface area contributed by atoms with Gasteiger partial charge in [0.2, 0.25) is 0 Å². The summed E-state index contributed by atoms with van der Waals surface area (Å²) in [5, 5.41) is 0.780. The minimum absolute atomic E-state index is 0.108. The molecule has 0 N–H and O–H groups in total. The van der Waals surface area contributed by atoms with E-state index in [1.807, 2.05) is 0 Å². The van der Waals surface area contributed by atoms with Crippen LogP contribution in [0.3, 0.4) is 0 Å². The first-order valence-electron chi connectivity index (χ1n) is 5.99. The third-order valence-corrected chi connectivity index (χ3v) is 4.04. The van der Waals surface area contributed by atoms with Crippen LogP contribution in [-0.2, 0) is 0 Å². The van der Waals surface area contributed by atoms with Crippen molar-refractivity contribution >= 4 is 29.0 Å². The molecular weight excluding hydrogens is 302 g/mol. The lowest BCUT2D eigenvalue weighted by atomic mass is 9.96. The lowest BCUT2D eigenvalue weighted by molar-refractivity contribution is 0.0849. The van der Waals surface area contributed by atoms with Gasteiger partial charge in [0.1, 0.15) is 17.7 Å². The van der Waals surface area contributed by atoms with Gasteiger partial charge in [0.05, 0.1) is 22.0 Å². The Morgan fingerprint density at radius 1 is 1.20 bits per heavy atom. The van der Waals surface area contributed by atoms with E-state index >= 15 is 0 Å². The number of hydrogen-bond donors (Lipinski definition) is 0. The first kappa shape index (κ1) is 13.4. The number of carbonyl (C=O) groups is 1.